The molecule has 0 bridgehead atoms. The van der Waals surface area contributed by atoms with Crippen LogP contribution in [0.25, 0.3) is 0 Å². The van der Waals surface area contributed by atoms with Crippen LogP contribution in [0, 0.1) is 0 Å². The molecule has 3 heterocycles. The minimum atomic E-state index is -0.665. The molecule has 0 saturated carbocycles. The van der Waals surface area contributed by atoms with Gasteiger partial charge in [0, 0.05) is 12.8 Å². The van der Waals surface area contributed by atoms with Crippen molar-refractivity contribution in [3.8, 4) is 0 Å². The first-order valence-corrected chi connectivity index (χ1v) is 8.25. The predicted octanol–water partition coefficient (Wildman–Crippen LogP) is 0.500. The van der Waals surface area contributed by atoms with Gasteiger partial charge in [-0.25, -0.2) is 9.59 Å². The molecule has 24 heavy (non-hydrogen) atoms. The van der Waals surface area contributed by atoms with Crippen molar-refractivity contribution in [2.45, 2.75) is 82.8 Å². The van der Waals surface area contributed by atoms with Crippen molar-refractivity contribution >= 4 is 17.9 Å². The van der Waals surface area contributed by atoms with E-state index in [1.165, 1.54) is 0 Å². The summed E-state index contributed by atoms with van der Waals surface area (Å²) in [5.41, 5.74) is 0. The number of carbonyl (C=O) groups is 3. The maximum atomic E-state index is 12.0. The van der Waals surface area contributed by atoms with E-state index < -0.39 is 42.3 Å². The van der Waals surface area contributed by atoms with Crippen molar-refractivity contribution in [2.24, 2.45) is 0 Å². The molecule has 0 aromatic heterocycles. The smallest absolute Gasteiger partial charge is 0.338 e. The highest BCUT2D eigenvalue weighted by Crippen LogP contribution is 2.32. The fourth-order valence-electron chi connectivity index (χ4n) is 2.89. The Morgan fingerprint density at radius 2 is 1.17 bits per heavy atom. The minimum absolute atomic E-state index is 0.0269. The molecule has 0 amide bonds. The van der Waals surface area contributed by atoms with E-state index in [0.29, 0.717) is 12.8 Å². The van der Waals surface area contributed by atoms with Gasteiger partial charge >= 0.3 is 17.9 Å². The van der Waals surface area contributed by atoms with Crippen LogP contribution in [-0.2, 0) is 38.1 Å². The first-order chi connectivity index (χ1) is 11.3. The highest BCUT2D eigenvalue weighted by molar-refractivity contribution is 5.79. The number of rotatable bonds is 0. The van der Waals surface area contributed by atoms with Crippen molar-refractivity contribution in [3.05, 3.63) is 0 Å². The summed E-state index contributed by atoms with van der Waals surface area (Å²) in [7, 11) is 0. The molecule has 3 rings (SSSR count). The van der Waals surface area contributed by atoms with Crippen LogP contribution in [0.3, 0.4) is 0 Å². The van der Waals surface area contributed by atoms with Crippen LogP contribution in [0.1, 0.15) is 40.0 Å². The quantitative estimate of drug-likeness (QED) is 0.356. The summed E-state index contributed by atoms with van der Waals surface area (Å²) in [6.45, 7) is 5.11. The average Bonchev–Trinajstić information content (AvgIpc) is 3.33. The van der Waals surface area contributed by atoms with Crippen LogP contribution in [0.15, 0.2) is 0 Å². The summed E-state index contributed by atoms with van der Waals surface area (Å²) >= 11 is 0. The van der Waals surface area contributed by atoms with Crippen LogP contribution in [0.2, 0.25) is 0 Å². The van der Waals surface area contributed by atoms with Gasteiger partial charge in [-0.1, -0.05) is 0 Å². The molecule has 0 aromatic carbocycles. The maximum Gasteiger partial charge on any atom is 0.338 e. The topological polar surface area (TPSA) is 104 Å². The number of cyclic esters (lactones) is 3. The Kier molecular flexibility index (Phi) is 4.78. The maximum absolute atomic E-state index is 12.0. The zero-order valence-electron chi connectivity index (χ0n) is 13.9. The van der Waals surface area contributed by atoms with E-state index in [4.69, 9.17) is 23.7 Å². The van der Waals surface area contributed by atoms with Gasteiger partial charge in [0.25, 0.3) is 0 Å². The third-order valence-electron chi connectivity index (χ3n) is 4.18. The minimum Gasteiger partial charge on any atom is -0.462 e. The average molecular weight is 342 g/mol. The van der Waals surface area contributed by atoms with E-state index in [9.17, 15) is 14.4 Å². The van der Waals surface area contributed by atoms with Crippen molar-refractivity contribution < 1.29 is 38.1 Å². The van der Waals surface area contributed by atoms with Gasteiger partial charge in [0.05, 0.1) is 18.6 Å². The van der Waals surface area contributed by atoms with Crippen molar-refractivity contribution in [2.75, 3.05) is 0 Å². The second-order valence-corrected chi connectivity index (χ2v) is 6.66. The Balaban J connectivity index is 1.63. The highest BCUT2D eigenvalue weighted by atomic mass is 16.7. The number of fused-ring (bicyclic) bond motifs is 2. The van der Waals surface area contributed by atoms with E-state index in [1.54, 1.807) is 20.8 Å². The largest absolute Gasteiger partial charge is 0.462 e. The fourth-order valence-corrected chi connectivity index (χ4v) is 2.89. The van der Waals surface area contributed by atoms with E-state index in [-0.39, 0.29) is 24.7 Å². The van der Waals surface area contributed by atoms with E-state index in [0.717, 1.165) is 0 Å². The van der Waals surface area contributed by atoms with Crippen molar-refractivity contribution in [1.29, 1.82) is 0 Å². The highest BCUT2D eigenvalue weighted by Gasteiger charge is 2.50. The summed E-state index contributed by atoms with van der Waals surface area (Å²) < 4.78 is 26.3. The number of hydrogen-bond donors (Lipinski definition) is 0. The Hall–Kier alpha value is -1.67. The Morgan fingerprint density at radius 1 is 0.708 bits per heavy atom. The standard InChI is InChI=1S/C16H22O8/c1-7-4-10-13(23-10)15(18)21-8(2)5-11-14(24-11)16(19)22-9(3)6-12(17)20-7/h7-11,13-14H,4-6H2,1-3H3/t7-,8-,9-,10?,11+,13?,14-/m0/s1. The lowest BCUT2D eigenvalue weighted by atomic mass is 10.1. The fraction of sp³-hybridized carbons (Fsp3) is 0.812. The van der Waals surface area contributed by atoms with Gasteiger partial charge in [-0.2, -0.15) is 0 Å². The van der Waals surface area contributed by atoms with Crippen molar-refractivity contribution in [3.63, 3.8) is 0 Å². The van der Waals surface area contributed by atoms with Crippen LogP contribution in [0.4, 0.5) is 0 Å². The van der Waals surface area contributed by atoms with E-state index in [2.05, 4.69) is 0 Å². The summed E-state index contributed by atoms with van der Waals surface area (Å²) in [5.74, 6) is -1.41. The molecule has 2 unspecified atom stereocenters. The molecule has 3 aliphatic heterocycles. The second kappa shape index (κ2) is 6.68. The molecule has 3 saturated heterocycles. The van der Waals surface area contributed by atoms with Crippen LogP contribution < -0.4 is 0 Å². The molecule has 8 heteroatoms. The zero-order chi connectivity index (χ0) is 17.4. The zero-order valence-corrected chi connectivity index (χ0v) is 13.9. The number of esters is 3. The number of ether oxygens (including phenoxy) is 5. The summed E-state index contributed by atoms with van der Waals surface area (Å²) in [4.78, 5) is 35.7. The van der Waals surface area contributed by atoms with Crippen molar-refractivity contribution in [1.82, 2.24) is 0 Å². The molecule has 8 nitrogen and oxygen atoms in total. The van der Waals surface area contributed by atoms with Crippen LogP contribution in [-0.4, -0.2) is 60.6 Å². The van der Waals surface area contributed by atoms with Crippen LogP contribution in [0.5, 0.6) is 0 Å². The SMILES string of the molecule is C[C@H]1CC2OC2C(=O)O[C@@H](C)C[C@H]2O[C@@H]2C(=O)O[C@@H](C)CC(=O)O1. The lowest BCUT2D eigenvalue weighted by molar-refractivity contribution is -0.157. The van der Waals surface area contributed by atoms with Gasteiger partial charge in [-0.15, -0.1) is 0 Å². The monoisotopic (exact) mass is 342 g/mol. The van der Waals surface area contributed by atoms with Gasteiger partial charge in [0.2, 0.25) is 0 Å². The van der Waals surface area contributed by atoms with E-state index >= 15 is 0 Å². The van der Waals surface area contributed by atoms with Gasteiger partial charge < -0.3 is 23.7 Å². The number of epoxide rings is 2. The lowest BCUT2D eigenvalue weighted by Gasteiger charge is -2.16. The first kappa shape index (κ1) is 17.2. The number of carbonyl (C=O) groups excluding carboxylic acids is 3. The predicted molar refractivity (Wildman–Crippen MR) is 77.8 cm³/mol. The first-order valence-electron chi connectivity index (χ1n) is 8.25. The Labute approximate surface area is 139 Å². The summed E-state index contributed by atoms with van der Waals surface area (Å²) in [5, 5.41) is 0. The molecule has 0 spiro atoms. The van der Waals surface area contributed by atoms with Gasteiger partial charge in [0.1, 0.15) is 18.3 Å². The van der Waals surface area contributed by atoms with Crippen LogP contribution >= 0.6 is 0 Å². The second-order valence-electron chi connectivity index (χ2n) is 6.66. The summed E-state index contributed by atoms with van der Waals surface area (Å²) in [6, 6.07) is 0. The third-order valence-corrected chi connectivity index (χ3v) is 4.18. The molecule has 3 aliphatic rings. The normalized spacial score (nSPS) is 43.6. The third kappa shape index (κ3) is 4.24. The van der Waals surface area contributed by atoms with Gasteiger partial charge in [0.15, 0.2) is 12.2 Å². The molecule has 0 aromatic rings. The van der Waals surface area contributed by atoms with Gasteiger partial charge in [-0.05, 0) is 20.8 Å². The number of hydrogen-bond acceptors (Lipinski definition) is 8. The molecular formula is C16H22O8. The molecule has 0 radical (unpaired) electrons. The molecular weight excluding hydrogens is 320 g/mol. The van der Waals surface area contributed by atoms with Gasteiger partial charge in [-0.3, -0.25) is 4.79 Å². The molecule has 0 N–H and O–H groups in total. The molecule has 7 atom stereocenters. The molecule has 3 fully saturated rings. The lowest BCUT2D eigenvalue weighted by Crippen LogP contribution is -2.28. The molecule has 134 valence electrons. The summed E-state index contributed by atoms with van der Waals surface area (Å²) in [6.07, 6.45) is -2.46. The Bertz CT molecular complexity index is 532. The Morgan fingerprint density at radius 3 is 1.71 bits per heavy atom. The molecule has 0 aliphatic carbocycles. The van der Waals surface area contributed by atoms with E-state index in [1.807, 2.05) is 0 Å².